The van der Waals surface area contributed by atoms with Crippen molar-refractivity contribution >= 4 is 35.1 Å². The highest BCUT2D eigenvalue weighted by Gasteiger charge is 2.16. The summed E-state index contributed by atoms with van der Waals surface area (Å²) < 4.78 is 5.77. The van der Waals surface area contributed by atoms with Crippen LogP contribution in [0.3, 0.4) is 0 Å². The van der Waals surface area contributed by atoms with E-state index < -0.39 is 5.97 Å². The second-order valence-electron chi connectivity index (χ2n) is 6.67. The molecule has 1 unspecified atom stereocenters. The predicted octanol–water partition coefficient (Wildman–Crippen LogP) is 5.76. The Morgan fingerprint density at radius 1 is 1.00 bits per heavy atom. The maximum Gasteiger partial charge on any atom is 0.335 e. The number of hydrogen-bond donors (Lipinski definition) is 2. The van der Waals surface area contributed by atoms with Gasteiger partial charge >= 0.3 is 5.97 Å². The van der Waals surface area contributed by atoms with Gasteiger partial charge in [0.25, 0.3) is 5.91 Å². The lowest BCUT2D eigenvalue weighted by molar-refractivity contribution is 0.0696. The summed E-state index contributed by atoms with van der Waals surface area (Å²) in [5, 5.41) is 12.9. The van der Waals surface area contributed by atoms with Crippen LogP contribution in [0.4, 0.5) is 0 Å². The third-order valence-electron chi connectivity index (χ3n) is 4.51. The molecule has 5 nitrogen and oxygen atoms in total. The second-order valence-corrected chi connectivity index (χ2v) is 7.54. The van der Waals surface area contributed by atoms with Crippen LogP contribution in [0.25, 0.3) is 0 Å². The smallest absolute Gasteiger partial charge is 0.335 e. The first-order valence-corrected chi connectivity index (χ1v) is 9.90. The molecule has 0 fully saturated rings. The van der Waals surface area contributed by atoms with Crippen LogP contribution in [0.15, 0.2) is 66.7 Å². The number of carboxylic acid groups (broad SMARTS) is 1. The van der Waals surface area contributed by atoms with E-state index in [9.17, 15) is 9.59 Å². The number of aromatic carboxylic acids is 1. The van der Waals surface area contributed by atoms with Crippen molar-refractivity contribution in [3.63, 3.8) is 0 Å². The van der Waals surface area contributed by atoms with Gasteiger partial charge in [0.05, 0.1) is 11.6 Å². The highest BCUT2D eigenvalue weighted by molar-refractivity contribution is 6.31. The third-order valence-corrected chi connectivity index (χ3v) is 4.98. The Hall–Kier alpha value is -3.02. The van der Waals surface area contributed by atoms with Gasteiger partial charge in [-0.15, -0.1) is 0 Å². The van der Waals surface area contributed by atoms with Crippen LogP contribution in [0.2, 0.25) is 10.0 Å². The third kappa shape index (κ3) is 5.53. The van der Waals surface area contributed by atoms with Gasteiger partial charge in [-0.2, -0.15) is 0 Å². The van der Waals surface area contributed by atoms with Crippen LogP contribution in [0.1, 0.15) is 44.8 Å². The van der Waals surface area contributed by atoms with Gasteiger partial charge in [0.1, 0.15) is 12.4 Å². The minimum Gasteiger partial charge on any atom is -0.489 e. The second kappa shape index (κ2) is 9.65. The molecule has 3 rings (SSSR count). The van der Waals surface area contributed by atoms with Crippen LogP contribution in [-0.4, -0.2) is 17.0 Å². The summed E-state index contributed by atoms with van der Waals surface area (Å²) in [6, 6.07) is 18.1. The Kier molecular flexibility index (Phi) is 6.98. The maximum atomic E-state index is 12.9. The molecule has 1 amide bonds. The van der Waals surface area contributed by atoms with Crippen LogP contribution < -0.4 is 10.1 Å². The zero-order valence-electron chi connectivity index (χ0n) is 16.1. The van der Waals surface area contributed by atoms with Gasteiger partial charge in [-0.05, 0) is 55.0 Å². The van der Waals surface area contributed by atoms with Gasteiger partial charge in [-0.3, -0.25) is 4.79 Å². The summed E-state index contributed by atoms with van der Waals surface area (Å²) in [6.07, 6.45) is 0. The number of benzene rings is 3. The van der Waals surface area contributed by atoms with Crippen molar-refractivity contribution in [2.24, 2.45) is 0 Å². The number of amides is 1. The van der Waals surface area contributed by atoms with E-state index in [1.165, 1.54) is 12.1 Å². The molecule has 3 aromatic rings. The quantitative estimate of drug-likeness (QED) is 0.486. The molecule has 154 valence electrons. The molecule has 2 N–H and O–H groups in total. The van der Waals surface area contributed by atoms with E-state index in [2.05, 4.69) is 5.32 Å². The topological polar surface area (TPSA) is 75.6 Å². The fourth-order valence-corrected chi connectivity index (χ4v) is 3.23. The highest BCUT2D eigenvalue weighted by atomic mass is 35.5. The molecular formula is C23H19Cl2NO4. The van der Waals surface area contributed by atoms with E-state index in [0.29, 0.717) is 26.9 Å². The van der Waals surface area contributed by atoms with Crippen molar-refractivity contribution in [3.8, 4) is 5.75 Å². The van der Waals surface area contributed by atoms with E-state index in [-0.39, 0.29) is 24.1 Å². The van der Waals surface area contributed by atoms with Gasteiger partial charge in [0.2, 0.25) is 0 Å². The lowest BCUT2D eigenvalue weighted by Crippen LogP contribution is -2.27. The zero-order valence-corrected chi connectivity index (χ0v) is 17.6. The van der Waals surface area contributed by atoms with Crippen molar-refractivity contribution in [1.29, 1.82) is 0 Å². The summed E-state index contributed by atoms with van der Waals surface area (Å²) in [6.45, 7) is 1.99. The summed E-state index contributed by atoms with van der Waals surface area (Å²) in [7, 11) is 0. The minimum absolute atomic E-state index is 0.169. The van der Waals surface area contributed by atoms with E-state index in [0.717, 1.165) is 5.56 Å². The van der Waals surface area contributed by atoms with Gasteiger partial charge in [-0.1, -0.05) is 47.5 Å². The summed E-state index contributed by atoms with van der Waals surface area (Å²) in [5.74, 6) is -0.714. The van der Waals surface area contributed by atoms with Gasteiger partial charge < -0.3 is 15.2 Å². The highest BCUT2D eigenvalue weighted by Crippen LogP contribution is 2.22. The average molecular weight is 444 g/mol. The van der Waals surface area contributed by atoms with Crippen molar-refractivity contribution in [3.05, 3.63) is 99.0 Å². The number of rotatable bonds is 7. The number of halogens is 2. The molecule has 0 aliphatic carbocycles. The number of carbonyl (C=O) groups is 2. The number of carbonyl (C=O) groups excluding carboxylic acids is 1. The molecule has 1 atom stereocenters. The van der Waals surface area contributed by atoms with Crippen molar-refractivity contribution in [1.82, 2.24) is 5.32 Å². The minimum atomic E-state index is -0.999. The van der Waals surface area contributed by atoms with Crippen LogP contribution >= 0.6 is 23.2 Å². The summed E-state index contributed by atoms with van der Waals surface area (Å²) >= 11 is 12.1. The van der Waals surface area contributed by atoms with Crippen molar-refractivity contribution < 1.29 is 19.4 Å². The molecule has 0 radical (unpaired) electrons. The molecular weight excluding hydrogens is 425 g/mol. The first-order valence-electron chi connectivity index (χ1n) is 9.14. The first kappa shape index (κ1) is 21.7. The number of ether oxygens (including phenoxy) is 1. The predicted molar refractivity (Wildman–Crippen MR) is 117 cm³/mol. The Morgan fingerprint density at radius 3 is 2.37 bits per heavy atom. The average Bonchev–Trinajstić information content (AvgIpc) is 2.72. The zero-order chi connectivity index (χ0) is 21.7. The van der Waals surface area contributed by atoms with E-state index in [4.69, 9.17) is 33.0 Å². The van der Waals surface area contributed by atoms with Gasteiger partial charge in [-0.25, -0.2) is 4.79 Å². The van der Waals surface area contributed by atoms with Crippen molar-refractivity contribution in [2.45, 2.75) is 19.6 Å². The van der Waals surface area contributed by atoms with Gasteiger partial charge in [0, 0.05) is 21.2 Å². The van der Waals surface area contributed by atoms with E-state index >= 15 is 0 Å². The van der Waals surface area contributed by atoms with Gasteiger partial charge in [0.15, 0.2) is 0 Å². The van der Waals surface area contributed by atoms with Crippen molar-refractivity contribution in [2.75, 3.05) is 0 Å². The number of carboxylic acids is 1. The van der Waals surface area contributed by atoms with E-state index in [1.54, 1.807) is 54.6 Å². The first-order chi connectivity index (χ1) is 14.3. The van der Waals surface area contributed by atoms with Crippen LogP contribution in [0, 0.1) is 0 Å². The normalized spacial score (nSPS) is 11.6. The summed E-state index contributed by atoms with van der Waals surface area (Å²) in [4.78, 5) is 23.9. The number of nitrogens with one attached hydrogen (secondary N) is 1. The molecule has 0 aliphatic rings. The van der Waals surface area contributed by atoms with E-state index in [1.807, 2.05) is 6.92 Å². The SMILES string of the molecule is CC(NC(=O)c1cc(Cl)ccc1COc1cccc(Cl)c1)c1ccc(C(=O)O)cc1. The van der Waals surface area contributed by atoms with Crippen LogP contribution in [-0.2, 0) is 6.61 Å². The molecule has 0 saturated heterocycles. The molecule has 7 heteroatoms. The lowest BCUT2D eigenvalue weighted by atomic mass is 10.0. The number of hydrogen-bond acceptors (Lipinski definition) is 3. The fraction of sp³-hybridized carbons (Fsp3) is 0.130. The Labute approximate surface area is 184 Å². The largest absolute Gasteiger partial charge is 0.489 e. The monoisotopic (exact) mass is 443 g/mol. The Balaban J connectivity index is 1.74. The standard InChI is InChI=1S/C23H19Cl2NO4/c1-14(15-5-7-16(8-6-15)23(28)29)26-22(27)21-12-19(25)10-9-17(21)13-30-20-4-2-3-18(24)11-20/h2-12,14H,13H2,1H3,(H,26,27)(H,28,29). The molecule has 30 heavy (non-hydrogen) atoms. The molecule has 0 spiro atoms. The molecule has 0 saturated carbocycles. The summed E-state index contributed by atoms with van der Waals surface area (Å²) in [5.41, 5.74) is 2.04. The molecule has 0 aliphatic heterocycles. The Bertz CT molecular complexity index is 1070. The maximum absolute atomic E-state index is 12.9. The Morgan fingerprint density at radius 2 is 1.70 bits per heavy atom. The molecule has 3 aromatic carbocycles. The molecule has 0 heterocycles. The molecule has 0 bridgehead atoms. The van der Waals surface area contributed by atoms with Crippen LogP contribution in [0.5, 0.6) is 5.75 Å². The lowest BCUT2D eigenvalue weighted by Gasteiger charge is -2.17. The fourth-order valence-electron chi connectivity index (χ4n) is 2.88. The molecule has 0 aromatic heterocycles.